The van der Waals surface area contributed by atoms with Crippen LogP contribution in [0.4, 0.5) is 4.39 Å². The Kier molecular flexibility index (Phi) is 3.78. The van der Waals surface area contributed by atoms with Crippen LogP contribution in [0.3, 0.4) is 0 Å². The van der Waals surface area contributed by atoms with E-state index in [1.165, 1.54) is 16.4 Å². The average molecular weight is 323 g/mol. The minimum atomic E-state index is -3.72. The lowest BCUT2D eigenvalue weighted by Crippen LogP contribution is -2.31. The van der Waals surface area contributed by atoms with Gasteiger partial charge < -0.3 is 0 Å². The summed E-state index contributed by atoms with van der Waals surface area (Å²) in [6.45, 7) is 2.12. The minimum Gasteiger partial charge on any atom is -0.271 e. The molecule has 0 N–H and O–H groups in total. The van der Waals surface area contributed by atoms with Crippen LogP contribution in [0.1, 0.15) is 30.1 Å². The van der Waals surface area contributed by atoms with Crippen LogP contribution in [0, 0.1) is 12.7 Å². The number of aromatic nitrogens is 2. The molecule has 7 heteroatoms. The van der Waals surface area contributed by atoms with Crippen molar-refractivity contribution in [2.24, 2.45) is 7.05 Å². The Balaban J connectivity index is 2.02. The topological polar surface area (TPSA) is 55.2 Å². The third-order valence-corrected chi connectivity index (χ3v) is 5.91. The van der Waals surface area contributed by atoms with Gasteiger partial charge in [0.05, 0.1) is 16.6 Å². The largest absolute Gasteiger partial charge is 0.271 e. The van der Waals surface area contributed by atoms with Crippen molar-refractivity contribution in [2.45, 2.75) is 30.7 Å². The Morgan fingerprint density at radius 2 is 2.09 bits per heavy atom. The Bertz CT molecular complexity index is 781. The fourth-order valence-electron chi connectivity index (χ4n) is 3.02. The van der Waals surface area contributed by atoms with Crippen LogP contribution in [-0.4, -0.2) is 29.0 Å². The van der Waals surface area contributed by atoms with Crippen LogP contribution in [0.25, 0.3) is 0 Å². The second-order valence-electron chi connectivity index (χ2n) is 5.62. The second-order valence-corrected chi connectivity index (χ2v) is 7.51. The van der Waals surface area contributed by atoms with Crippen LogP contribution in [0.5, 0.6) is 0 Å². The maximum atomic E-state index is 13.6. The SMILES string of the molecule is Cc1cc(F)cc(S(=O)(=O)N2CCCC2c2ccnn2C)c1. The highest BCUT2D eigenvalue weighted by Gasteiger charge is 2.37. The predicted octanol–water partition coefficient (Wildman–Crippen LogP) is 2.39. The molecule has 1 atom stereocenters. The van der Waals surface area contributed by atoms with Gasteiger partial charge in [0.1, 0.15) is 5.82 Å². The summed E-state index contributed by atoms with van der Waals surface area (Å²) in [6.07, 6.45) is 3.18. The highest BCUT2D eigenvalue weighted by atomic mass is 32.2. The van der Waals surface area contributed by atoms with Gasteiger partial charge in [0.15, 0.2) is 0 Å². The molecular formula is C15H18FN3O2S. The summed E-state index contributed by atoms with van der Waals surface area (Å²) in [7, 11) is -1.93. The van der Waals surface area contributed by atoms with Gasteiger partial charge >= 0.3 is 0 Å². The molecule has 1 aromatic carbocycles. The van der Waals surface area contributed by atoms with E-state index in [0.29, 0.717) is 12.1 Å². The van der Waals surface area contributed by atoms with Crippen LogP contribution >= 0.6 is 0 Å². The number of benzene rings is 1. The molecule has 1 fully saturated rings. The number of nitrogens with zero attached hydrogens (tertiary/aromatic N) is 3. The molecule has 1 saturated heterocycles. The fraction of sp³-hybridized carbons (Fsp3) is 0.400. The molecule has 1 aliphatic rings. The number of halogens is 1. The number of hydrogen-bond acceptors (Lipinski definition) is 3. The van der Waals surface area contributed by atoms with E-state index in [4.69, 9.17) is 0 Å². The maximum absolute atomic E-state index is 13.6. The summed E-state index contributed by atoms with van der Waals surface area (Å²) in [5.41, 5.74) is 1.45. The van der Waals surface area contributed by atoms with Crippen LogP contribution in [0.2, 0.25) is 0 Å². The molecule has 118 valence electrons. The van der Waals surface area contributed by atoms with E-state index < -0.39 is 15.8 Å². The molecule has 3 rings (SSSR count). The van der Waals surface area contributed by atoms with Gasteiger partial charge in [0.25, 0.3) is 0 Å². The van der Waals surface area contributed by atoms with Gasteiger partial charge in [-0.3, -0.25) is 4.68 Å². The van der Waals surface area contributed by atoms with Crippen molar-refractivity contribution in [3.05, 3.63) is 47.5 Å². The normalized spacial score (nSPS) is 19.7. The first-order valence-electron chi connectivity index (χ1n) is 7.16. The number of sulfonamides is 1. The number of hydrogen-bond donors (Lipinski definition) is 0. The summed E-state index contributed by atoms with van der Waals surface area (Å²) in [6, 6.07) is 5.50. The van der Waals surface area contributed by atoms with Gasteiger partial charge in [-0.2, -0.15) is 9.40 Å². The molecular weight excluding hydrogens is 305 g/mol. The number of rotatable bonds is 3. The van der Waals surface area contributed by atoms with Crippen molar-refractivity contribution >= 4 is 10.0 Å². The molecule has 0 saturated carbocycles. The van der Waals surface area contributed by atoms with Crippen molar-refractivity contribution in [3.63, 3.8) is 0 Å². The Labute approximate surface area is 129 Å². The average Bonchev–Trinajstić information content (AvgIpc) is 3.05. The lowest BCUT2D eigenvalue weighted by atomic mass is 10.1. The first-order valence-corrected chi connectivity index (χ1v) is 8.60. The molecule has 1 unspecified atom stereocenters. The lowest BCUT2D eigenvalue weighted by molar-refractivity contribution is 0.380. The van der Waals surface area contributed by atoms with E-state index in [1.54, 1.807) is 24.9 Å². The highest BCUT2D eigenvalue weighted by Crippen LogP contribution is 2.36. The van der Waals surface area contributed by atoms with Crippen molar-refractivity contribution in [1.29, 1.82) is 0 Å². The molecule has 1 aliphatic heterocycles. The summed E-state index contributed by atoms with van der Waals surface area (Å²) in [5, 5.41) is 4.11. The van der Waals surface area contributed by atoms with Crippen LogP contribution in [0.15, 0.2) is 35.4 Å². The lowest BCUT2D eigenvalue weighted by Gasteiger charge is -2.24. The smallest absolute Gasteiger partial charge is 0.243 e. The summed E-state index contributed by atoms with van der Waals surface area (Å²) >= 11 is 0. The van der Waals surface area contributed by atoms with Crippen LogP contribution in [-0.2, 0) is 17.1 Å². The Morgan fingerprint density at radius 3 is 2.73 bits per heavy atom. The van der Waals surface area contributed by atoms with E-state index in [1.807, 2.05) is 6.07 Å². The highest BCUT2D eigenvalue weighted by molar-refractivity contribution is 7.89. The second kappa shape index (κ2) is 5.48. The van der Waals surface area contributed by atoms with Gasteiger partial charge in [-0.1, -0.05) is 0 Å². The summed E-state index contributed by atoms with van der Waals surface area (Å²) < 4.78 is 42.5. The molecule has 2 aromatic rings. The molecule has 22 heavy (non-hydrogen) atoms. The molecule has 2 heterocycles. The molecule has 5 nitrogen and oxygen atoms in total. The Hall–Kier alpha value is -1.73. The third kappa shape index (κ3) is 2.55. The van der Waals surface area contributed by atoms with Crippen molar-refractivity contribution in [3.8, 4) is 0 Å². The van der Waals surface area contributed by atoms with Gasteiger partial charge in [-0.25, -0.2) is 12.8 Å². The molecule has 1 aromatic heterocycles. The molecule has 0 amide bonds. The van der Waals surface area contributed by atoms with E-state index >= 15 is 0 Å². The number of aryl methyl sites for hydroxylation is 2. The molecule has 0 radical (unpaired) electrons. The van der Waals surface area contributed by atoms with E-state index in [-0.39, 0.29) is 10.9 Å². The third-order valence-electron chi connectivity index (χ3n) is 4.03. The van der Waals surface area contributed by atoms with Crippen LogP contribution < -0.4 is 0 Å². The molecule has 0 aliphatic carbocycles. The van der Waals surface area contributed by atoms with Gasteiger partial charge in [0.2, 0.25) is 10.0 Å². The fourth-order valence-corrected chi connectivity index (χ4v) is 4.81. The van der Waals surface area contributed by atoms with E-state index in [0.717, 1.165) is 24.6 Å². The first-order chi connectivity index (χ1) is 10.4. The molecule has 0 bridgehead atoms. The standard InChI is InChI=1S/C15H18FN3O2S/c1-11-8-12(16)10-13(9-11)22(20,21)19-7-3-4-15(19)14-5-6-17-18(14)2/h5-6,8-10,15H,3-4,7H2,1-2H3. The van der Waals surface area contributed by atoms with Crippen molar-refractivity contribution in [1.82, 2.24) is 14.1 Å². The van der Waals surface area contributed by atoms with Gasteiger partial charge in [0, 0.05) is 19.8 Å². The monoisotopic (exact) mass is 323 g/mol. The van der Waals surface area contributed by atoms with E-state index in [2.05, 4.69) is 5.10 Å². The quantitative estimate of drug-likeness (QED) is 0.871. The summed E-state index contributed by atoms with van der Waals surface area (Å²) in [5.74, 6) is -0.533. The predicted molar refractivity (Wildman–Crippen MR) is 80.2 cm³/mol. The molecule has 0 spiro atoms. The van der Waals surface area contributed by atoms with Gasteiger partial charge in [-0.05, 0) is 49.6 Å². The summed E-state index contributed by atoms with van der Waals surface area (Å²) in [4.78, 5) is 0.0130. The zero-order valence-electron chi connectivity index (χ0n) is 12.5. The maximum Gasteiger partial charge on any atom is 0.243 e. The van der Waals surface area contributed by atoms with Gasteiger partial charge in [-0.15, -0.1) is 0 Å². The zero-order chi connectivity index (χ0) is 15.9. The minimum absolute atomic E-state index is 0.0130. The zero-order valence-corrected chi connectivity index (χ0v) is 13.3. The van der Waals surface area contributed by atoms with Crippen molar-refractivity contribution in [2.75, 3.05) is 6.54 Å². The first kappa shape index (κ1) is 15.2. The van der Waals surface area contributed by atoms with Crippen molar-refractivity contribution < 1.29 is 12.8 Å². The Morgan fingerprint density at radius 1 is 1.32 bits per heavy atom. The van der Waals surface area contributed by atoms with E-state index in [9.17, 15) is 12.8 Å².